The Morgan fingerprint density at radius 2 is 1.56 bits per heavy atom. The van der Waals surface area contributed by atoms with E-state index in [1.54, 1.807) is 36.4 Å². The van der Waals surface area contributed by atoms with Crippen LogP contribution in [0.2, 0.25) is 10.0 Å². The minimum atomic E-state index is 0.414. The number of methoxy groups -OCH3 is 1. The zero-order valence-corrected chi connectivity index (χ0v) is 11.1. The van der Waals surface area contributed by atoms with Crippen LogP contribution < -0.4 is 15.2 Å². The summed E-state index contributed by atoms with van der Waals surface area (Å²) in [5.41, 5.74) is 6.27. The molecular weight excluding hydrogens is 273 g/mol. The third kappa shape index (κ3) is 2.81. The van der Waals surface area contributed by atoms with E-state index in [9.17, 15) is 0 Å². The van der Waals surface area contributed by atoms with Gasteiger partial charge < -0.3 is 15.2 Å². The van der Waals surface area contributed by atoms with Crippen molar-refractivity contribution in [1.82, 2.24) is 0 Å². The molecule has 2 aromatic carbocycles. The van der Waals surface area contributed by atoms with Gasteiger partial charge in [-0.1, -0.05) is 23.2 Å². The molecule has 0 fully saturated rings. The lowest BCUT2D eigenvalue weighted by atomic mass is 10.3. The smallest absolute Gasteiger partial charge is 0.149 e. The third-order valence-electron chi connectivity index (χ3n) is 2.31. The summed E-state index contributed by atoms with van der Waals surface area (Å²) >= 11 is 12.0. The van der Waals surface area contributed by atoms with E-state index in [1.807, 2.05) is 0 Å². The van der Waals surface area contributed by atoms with Gasteiger partial charge in [0.25, 0.3) is 0 Å². The van der Waals surface area contributed by atoms with Crippen molar-refractivity contribution in [2.24, 2.45) is 0 Å². The molecule has 0 radical (unpaired) electrons. The van der Waals surface area contributed by atoms with Crippen LogP contribution in [0, 0.1) is 0 Å². The predicted molar refractivity (Wildman–Crippen MR) is 73.9 cm³/mol. The van der Waals surface area contributed by atoms with Crippen LogP contribution in [0.15, 0.2) is 36.4 Å². The van der Waals surface area contributed by atoms with Gasteiger partial charge in [0.15, 0.2) is 0 Å². The quantitative estimate of drug-likeness (QED) is 0.851. The first-order valence-corrected chi connectivity index (χ1v) is 5.92. The highest BCUT2D eigenvalue weighted by atomic mass is 35.5. The maximum absolute atomic E-state index is 6.05. The highest BCUT2D eigenvalue weighted by molar-refractivity contribution is 6.36. The summed E-state index contributed by atoms with van der Waals surface area (Å²) in [7, 11) is 1.53. The van der Waals surface area contributed by atoms with Gasteiger partial charge in [-0.25, -0.2) is 0 Å². The monoisotopic (exact) mass is 283 g/mol. The second-order valence-corrected chi connectivity index (χ2v) is 4.40. The van der Waals surface area contributed by atoms with Crippen LogP contribution in [0.1, 0.15) is 0 Å². The van der Waals surface area contributed by atoms with Crippen molar-refractivity contribution < 1.29 is 9.47 Å². The number of nitrogens with two attached hydrogens (primary N) is 1. The molecule has 0 amide bonds. The van der Waals surface area contributed by atoms with Gasteiger partial charge in [0.05, 0.1) is 17.2 Å². The molecule has 0 spiro atoms. The van der Waals surface area contributed by atoms with Crippen molar-refractivity contribution >= 4 is 28.9 Å². The number of hydrogen-bond acceptors (Lipinski definition) is 3. The van der Waals surface area contributed by atoms with E-state index in [-0.39, 0.29) is 0 Å². The number of halogens is 2. The molecule has 3 nitrogen and oxygen atoms in total. The molecule has 2 aromatic rings. The summed E-state index contributed by atoms with van der Waals surface area (Å²) in [5, 5.41) is 0.852. The molecule has 0 saturated heterocycles. The third-order valence-corrected chi connectivity index (χ3v) is 2.90. The number of anilines is 1. The van der Waals surface area contributed by atoms with Crippen molar-refractivity contribution in [2.75, 3.05) is 12.8 Å². The lowest BCUT2D eigenvalue weighted by molar-refractivity contribution is 0.409. The van der Waals surface area contributed by atoms with E-state index in [2.05, 4.69) is 0 Å². The molecule has 0 saturated carbocycles. The maximum atomic E-state index is 6.05. The summed E-state index contributed by atoms with van der Waals surface area (Å²) in [6.45, 7) is 0. The van der Waals surface area contributed by atoms with E-state index in [4.69, 9.17) is 38.4 Å². The topological polar surface area (TPSA) is 44.5 Å². The first-order chi connectivity index (χ1) is 8.60. The van der Waals surface area contributed by atoms with Crippen LogP contribution in [0.5, 0.6) is 17.2 Å². The SMILES string of the molecule is COc1cc(Oc2ccc(N)cc2)c(Cl)cc1Cl. The van der Waals surface area contributed by atoms with Gasteiger partial charge in [-0.3, -0.25) is 0 Å². The fraction of sp³-hybridized carbons (Fsp3) is 0.0769. The summed E-state index contributed by atoms with van der Waals surface area (Å²) in [6, 6.07) is 10.2. The molecular formula is C13H11Cl2NO2. The zero-order chi connectivity index (χ0) is 13.1. The van der Waals surface area contributed by atoms with Crippen LogP contribution in [0.25, 0.3) is 0 Å². The van der Waals surface area contributed by atoms with Crippen molar-refractivity contribution in [3.8, 4) is 17.2 Å². The molecule has 5 heteroatoms. The average Bonchev–Trinajstić information content (AvgIpc) is 2.35. The van der Waals surface area contributed by atoms with Gasteiger partial charge >= 0.3 is 0 Å². The lowest BCUT2D eigenvalue weighted by Crippen LogP contribution is -1.90. The minimum absolute atomic E-state index is 0.414. The highest BCUT2D eigenvalue weighted by Crippen LogP contribution is 2.37. The van der Waals surface area contributed by atoms with Crippen LogP contribution in [0.4, 0.5) is 5.69 Å². The molecule has 0 aromatic heterocycles. The Kier molecular flexibility index (Phi) is 3.84. The highest BCUT2D eigenvalue weighted by Gasteiger charge is 2.09. The Labute approximate surface area is 115 Å². The molecule has 0 unspecified atom stereocenters. The Hall–Kier alpha value is -1.58. The van der Waals surface area contributed by atoms with Crippen LogP contribution in [-0.2, 0) is 0 Å². The van der Waals surface area contributed by atoms with Crippen LogP contribution in [-0.4, -0.2) is 7.11 Å². The first kappa shape index (κ1) is 12.9. The molecule has 18 heavy (non-hydrogen) atoms. The van der Waals surface area contributed by atoms with Crippen molar-refractivity contribution in [2.45, 2.75) is 0 Å². The van der Waals surface area contributed by atoms with E-state index in [1.165, 1.54) is 7.11 Å². The molecule has 0 aliphatic heterocycles. The molecule has 2 rings (SSSR count). The van der Waals surface area contributed by atoms with Gasteiger partial charge in [0, 0.05) is 11.8 Å². The van der Waals surface area contributed by atoms with Gasteiger partial charge in [-0.2, -0.15) is 0 Å². The second-order valence-electron chi connectivity index (χ2n) is 3.59. The number of rotatable bonds is 3. The van der Waals surface area contributed by atoms with Crippen molar-refractivity contribution in [1.29, 1.82) is 0 Å². The van der Waals surface area contributed by atoms with Crippen molar-refractivity contribution in [3.63, 3.8) is 0 Å². The number of benzene rings is 2. The van der Waals surface area contributed by atoms with E-state index in [0.29, 0.717) is 33.0 Å². The minimum Gasteiger partial charge on any atom is -0.495 e. The van der Waals surface area contributed by atoms with Gasteiger partial charge in [-0.05, 0) is 30.3 Å². The Morgan fingerprint density at radius 1 is 0.944 bits per heavy atom. The molecule has 2 N–H and O–H groups in total. The second kappa shape index (κ2) is 5.38. The fourth-order valence-corrected chi connectivity index (χ4v) is 1.91. The summed E-state index contributed by atoms with van der Waals surface area (Å²) in [4.78, 5) is 0. The average molecular weight is 284 g/mol. The van der Waals surface area contributed by atoms with E-state index < -0.39 is 0 Å². The Bertz CT molecular complexity index is 556. The van der Waals surface area contributed by atoms with E-state index >= 15 is 0 Å². The van der Waals surface area contributed by atoms with E-state index in [0.717, 1.165) is 0 Å². The first-order valence-electron chi connectivity index (χ1n) is 5.16. The lowest BCUT2D eigenvalue weighted by Gasteiger charge is -2.10. The van der Waals surface area contributed by atoms with Gasteiger partial charge in [0.1, 0.15) is 17.2 Å². The molecule has 0 heterocycles. The number of ether oxygens (including phenoxy) is 2. The fourth-order valence-electron chi connectivity index (χ4n) is 1.41. The molecule has 0 aliphatic rings. The molecule has 0 aliphatic carbocycles. The largest absolute Gasteiger partial charge is 0.495 e. The number of hydrogen-bond donors (Lipinski definition) is 1. The summed E-state index contributed by atoms with van der Waals surface area (Å²) < 4.78 is 10.7. The van der Waals surface area contributed by atoms with Gasteiger partial charge in [0.2, 0.25) is 0 Å². The predicted octanol–water partition coefficient (Wildman–Crippen LogP) is 4.38. The Balaban J connectivity index is 2.31. The van der Waals surface area contributed by atoms with Crippen LogP contribution >= 0.6 is 23.2 Å². The van der Waals surface area contributed by atoms with Crippen molar-refractivity contribution in [3.05, 3.63) is 46.4 Å². The molecule has 0 atom stereocenters. The molecule has 0 bridgehead atoms. The molecule has 94 valence electrons. The normalized spacial score (nSPS) is 10.2. The Morgan fingerprint density at radius 3 is 2.17 bits per heavy atom. The standard InChI is InChI=1S/C13H11Cl2NO2/c1-17-12-7-13(11(15)6-10(12)14)18-9-4-2-8(16)3-5-9/h2-7H,16H2,1H3. The summed E-state index contributed by atoms with van der Waals surface area (Å²) in [6.07, 6.45) is 0. The number of nitrogen functional groups attached to an aromatic ring is 1. The van der Waals surface area contributed by atoms with Gasteiger partial charge in [-0.15, -0.1) is 0 Å². The van der Waals surface area contributed by atoms with Crippen LogP contribution in [0.3, 0.4) is 0 Å². The summed E-state index contributed by atoms with van der Waals surface area (Å²) in [5.74, 6) is 1.62. The maximum Gasteiger partial charge on any atom is 0.149 e. The zero-order valence-electron chi connectivity index (χ0n) is 9.61.